The van der Waals surface area contributed by atoms with Gasteiger partial charge in [-0.25, -0.2) is 4.36 Å². The van der Waals surface area contributed by atoms with Gasteiger partial charge in [-0.15, -0.1) is 0 Å². The SMILES string of the molecule is COc1cccc(/C=C2\C(=O)NCS2=Nc2ccc(O)cc2)c1. The van der Waals surface area contributed by atoms with E-state index in [0.29, 0.717) is 10.8 Å². The number of aromatic hydroxyl groups is 1. The molecule has 6 heteroatoms. The van der Waals surface area contributed by atoms with Crippen molar-refractivity contribution in [1.82, 2.24) is 5.32 Å². The number of carbonyl (C=O) groups excluding carboxylic acids is 1. The number of benzene rings is 2. The number of carbonyl (C=O) groups is 1. The number of phenolic OH excluding ortho intramolecular Hbond substituents is 1. The smallest absolute Gasteiger partial charge is 0.259 e. The van der Waals surface area contributed by atoms with E-state index in [-0.39, 0.29) is 11.7 Å². The Hall–Kier alpha value is -2.60. The van der Waals surface area contributed by atoms with Crippen molar-refractivity contribution >= 4 is 28.4 Å². The third-order valence-electron chi connectivity index (χ3n) is 3.30. The fourth-order valence-electron chi connectivity index (χ4n) is 2.14. The molecule has 23 heavy (non-hydrogen) atoms. The highest BCUT2D eigenvalue weighted by atomic mass is 32.2. The zero-order valence-electron chi connectivity index (χ0n) is 12.5. The first kappa shape index (κ1) is 15.3. The molecule has 1 aliphatic heterocycles. The molecule has 1 fully saturated rings. The molecule has 1 amide bonds. The molecule has 0 aliphatic carbocycles. The lowest BCUT2D eigenvalue weighted by atomic mass is 10.2. The average molecular weight is 328 g/mol. The van der Waals surface area contributed by atoms with Crippen molar-refractivity contribution in [3.63, 3.8) is 0 Å². The van der Waals surface area contributed by atoms with Crippen LogP contribution in [-0.2, 0) is 15.5 Å². The topological polar surface area (TPSA) is 70.9 Å². The molecule has 0 aromatic heterocycles. The van der Waals surface area contributed by atoms with Crippen molar-refractivity contribution in [2.75, 3.05) is 13.0 Å². The Morgan fingerprint density at radius 2 is 2.04 bits per heavy atom. The summed E-state index contributed by atoms with van der Waals surface area (Å²) in [4.78, 5) is 12.7. The minimum atomic E-state index is -0.559. The van der Waals surface area contributed by atoms with Crippen molar-refractivity contribution in [3.8, 4) is 11.5 Å². The van der Waals surface area contributed by atoms with Gasteiger partial charge in [-0.05, 0) is 58.7 Å². The van der Waals surface area contributed by atoms with E-state index >= 15 is 0 Å². The summed E-state index contributed by atoms with van der Waals surface area (Å²) in [5.41, 5.74) is 1.63. The second-order valence-corrected chi connectivity index (χ2v) is 6.55. The van der Waals surface area contributed by atoms with Gasteiger partial charge in [0.1, 0.15) is 11.5 Å². The Morgan fingerprint density at radius 3 is 2.78 bits per heavy atom. The molecule has 0 bridgehead atoms. The lowest BCUT2D eigenvalue weighted by Crippen LogP contribution is -2.14. The van der Waals surface area contributed by atoms with Gasteiger partial charge in [0.15, 0.2) is 0 Å². The molecule has 1 saturated heterocycles. The average Bonchev–Trinajstić information content (AvgIpc) is 2.90. The van der Waals surface area contributed by atoms with Gasteiger partial charge < -0.3 is 15.2 Å². The van der Waals surface area contributed by atoms with Gasteiger partial charge in [-0.1, -0.05) is 12.1 Å². The van der Waals surface area contributed by atoms with E-state index in [2.05, 4.69) is 9.68 Å². The summed E-state index contributed by atoms with van der Waals surface area (Å²) < 4.78 is 9.81. The highest BCUT2D eigenvalue weighted by Crippen LogP contribution is 2.24. The van der Waals surface area contributed by atoms with Crippen LogP contribution in [0.2, 0.25) is 0 Å². The Balaban J connectivity index is 1.96. The van der Waals surface area contributed by atoms with Crippen molar-refractivity contribution in [2.45, 2.75) is 0 Å². The first-order chi connectivity index (χ1) is 11.2. The molecular formula is C17H16N2O3S. The Labute approximate surface area is 136 Å². The molecule has 5 nitrogen and oxygen atoms in total. The van der Waals surface area contributed by atoms with Crippen LogP contribution >= 0.6 is 0 Å². The van der Waals surface area contributed by atoms with Crippen LogP contribution in [0.15, 0.2) is 57.8 Å². The standard InChI is InChI=1S/C17H16N2O3S/c1-22-15-4-2-3-12(9-15)10-16-17(21)18-11-23(16)19-13-5-7-14(20)8-6-13/h2-10,20H,11H2,1H3,(H,18,21)/b16-10+. The molecule has 2 aromatic carbocycles. The second kappa shape index (κ2) is 6.66. The molecule has 2 aromatic rings. The summed E-state index contributed by atoms with van der Waals surface area (Å²) in [6.07, 6.45) is 1.85. The van der Waals surface area contributed by atoms with Crippen molar-refractivity contribution in [3.05, 3.63) is 59.0 Å². The lowest BCUT2D eigenvalue weighted by molar-refractivity contribution is -0.116. The number of methoxy groups -OCH3 is 1. The summed E-state index contributed by atoms with van der Waals surface area (Å²) >= 11 is 0. The van der Waals surface area contributed by atoms with E-state index < -0.39 is 10.7 Å². The van der Waals surface area contributed by atoms with Gasteiger partial charge in [0, 0.05) is 0 Å². The number of nitrogens with zero attached hydrogens (tertiary/aromatic N) is 1. The van der Waals surface area contributed by atoms with E-state index in [9.17, 15) is 9.90 Å². The van der Waals surface area contributed by atoms with Gasteiger partial charge >= 0.3 is 0 Å². The highest BCUT2D eigenvalue weighted by molar-refractivity contribution is 7.93. The van der Waals surface area contributed by atoms with E-state index in [1.807, 2.05) is 30.3 Å². The van der Waals surface area contributed by atoms with E-state index in [4.69, 9.17) is 4.74 Å². The molecule has 1 atom stereocenters. The Kier molecular flexibility index (Phi) is 4.43. The number of phenols is 1. The normalized spacial score (nSPS) is 19.1. The summed E-state index contributed by atoms with van der Waals surface area (Å²) in [5, 5.41) is 12.2. The van der Waals surface area contributed by atoms with Crippen molar-refractivity contribution in [2.24, 2.45) is 4.36 Å². The zero-order valence-corrected chi connectivity index (χ0v) is 13.3. The number of nitrogens with one attached hydrogen (secondary N) is 1. The van der Waals surface area contributed by atoms with Crippen LogP contribution in [0.3, 0.4) is 0 Å². The minimum absolute atomic E-state index is 0.0984. The molecule has 1 aliphatic rings. The number of ether oxygens (including phenoxy) is 1. The first-order valence-corrected chi connectivity index (χ1v) is 8.36. The Morgan fingerprint density at radius 1 is 1.26 bits per heavy atom. The fourth-order valence-corrected chi connectivity index (χ4v) is 3.66. The van der Waals surface area contributed by atoms with Crippen LogP contribution in [0, 0.1) is 0 Å². The van der Waals surface area contributed by atoms with Crippen LogP contribution in [0.25, 0.3) is 6.08 Å². The molecule has 2 N–H and O–H groups in total. The largest absolute Gasteiger partial charge is 0.508 e. The second-order valence-electron chi connectivity index (χ2n) is 4.91. The van der Waals surface area contributed by atoms with Crippen LogP contribution < -0.4 is 10.1 Å². The molecule has 3 rings (SSSR count). The molecule has 1 heterocycles. The van der Waals surface area contributed by atoms with E-state index in [0.717, 1.165) is 17.0 Å². The monoisotopic (exact) mass is 328 g/mol. The molecule has 0 spiro atoms. The Bertz CT molecular complexity index is 798. The predicted octanol–water partition coefficient (Wildman–Crippen LogP) is 2.96. The molecular weight excluding hydrogens is 312 g/mol. The van der Waals surface area contributed by atoms with Crippen LogP contribution in [0.1, 0.15) is 5.56 Å². The number of hydrogen-bond donors (Lipinski definition) is 2. The molecule has 0 radical (unpaired) electrons. The van der Waals surface area contributed by atoms with Gasteiger partial charge in [0.2, 0.25) is 0 Å². The molecule has 118 valence electrons. The van der Waals surface area contributed by atoms with Gasteiger partial charge in [0.05, 0.1) is 23.6 Å². The third-order valence-corrected chi connectivity index (χ3v) is 4.96. The maximum Gasteiger partial charge on any atom is 0.259 e. The maximum atomic E-state index is 12.1. The van der Waals surface area contributed by atoms with Crippen molar-refractivity contribution in [1.29, 1.82) is 0 Å². The summed E-state index contributed by atoms with van der Waals surface area (Å²) in [7, 11) is 1.05. The van der Waals surface area contributed by atoms with Gasteiger partial charge in [0.25, 0.3) is 5.91 Å². The number of rotatable bonds is 3. The van der Waals surface area contributed by atoms with Gasteiger partial charge in [-0.3, -0.25) is 4.79 Å². The summed E-state index contributed by atoms with van der Waals surface area (Å²) in [6.45, 7) is 0. The van der Waals surface area contributed by atoms with Crippen LogP contribution in [0.4, 0.5) is 5.69 Å². The molecule has 1 unspecified atom stereocenters. The lowest BCUT2D eigenvalue weighted by Gasteiger charge is -2.03. The molecule has 0 saturated carbocycles. The fraction of sp³-hybridized carbons (Fsp3) is 0.118. The summed E-state index contributed by atoms with van der Waals surface area (Å²) in [5.74, 6) is 1.34. The number of amides is 1. The maximum absolute atomic E-state index is 12.1. The predicted molar refractivity (Wildman–Crippen MR) is 91.5 cm³/mol. The van der Waals surface area contributed by atoms with E-state index in [1.165, 1.54) is 0 Å². The minimum Gasteiger partial charge on any atom is -0.508 e. The van der Waals surface area contributed by atoms with Crippen LogP contribution in [0.5, 0.6) is 11.5 Å². The quantitative estimate of drug-likeness (QED) is 0.851. The zero-order chi connectivity index (χ0) is 16.2. The van der Waals surface area contributed by atoms with Crippen LogP contribution in [-0.4, -0.2) is 24.0 Å². The van der Waals surface area contributed by atoms with E-state index in [1.54, 1.807) is 31.4 Å². The van der Waals surface area contributed by atoms with Gasteiger partial charge in [-0.2, -0.15) is 0 Å². The third kappa shape index (κ3) is 3.60. The van der Waals surface area contributed by atoms with Crippen molar-refractivity contribution < 1.29 is 14.6 Å². The highest BCUT2D eigenvalue weighted by Gasteiger charge is 2.22. The number of hydrogen-bond acceptors (Lipinski definition) is 4. The summed E-state index contributed by atoms with van der Waals surface area (Å²) in [6, 6.07) is 14.2. The first-order valence-electron chi connectivity index (χ1n) is 7.01.